The van der Waals surface area contributed by atoms with E-state index in [1.807, 2.05) is 30.3 Å². The van der Waals surface area contributed by atoms with Crippen LogP contribution in [0.25, 0.3) is 0 Å². The lowest BCUT2D eigenvalue weighted by Crippen LogP contribution is -2.32. The summed E-state index contributed by atoms with van der Waals surface area (Å²) >= 11 is 0. The van der Waals surface area contributed by atoms with E-state index in [-0.39, 0.29) is 31.4 Å². The molecule has 0 radical (unpaired) electrons. The molecule has 136 valence electrons. The zero-order valence-electron chi connectivity index (χ0n) is 12.9. The van der Waals surface area contributed by atoms with Gasteiger partial charge in [0.2, 0.25) is 10.0 Å². The van der Waals surface area contributed by atoms with Crippen molar-refractivity contribution in [2.45, 2.75) is 16.9 Å². The topological polar surface area (TPSA) is 63.4 Å². The largest absolute Gasteiger partial charge is 0.326 e. The van der Waals surface area contributed by atoms with Gasteiger partial charge in [0.15, 0.2) is 17.5 Å². The van der Waals surface area contributed by atoms with Crippen LogP contribution in [0.5, 0.6) is 0 Å². The van der Waals surface area contributed by atoms with Gasteiger partial charge in [-0.2, -0.15) is 4.31 Å². The number of sulfonamides is 1. The molecule has 1 aliphatic rings. The van der Waals surface area contributed by atoms with Crippen LogP contribution < -0.4 is 5.73 Å². The van der Waals surface area contributed by atoms with Crippen LogP contribution in [0.15, 0.2) is 47.4 Å². The Kier molecular flexibility index (Phi) is 5.78. The quantitative estimate of drug-likeness (QED) is 0.817. The molecule has 1 fully saturated rings. The normalized spacial score (nSPS) is 21.1. The van der Waals surface area contributed by atoms with Gasteiger partial charge in [-0.15, -0.1) is 12.4 Å². The molecule has 2 N–H and O–H groups in total. The molecule has 2 aromatic rings. The Morgan fingerprint density at radius 1 is 1.00 bits per heavy atom. The fourth-order valence-corrected chi connectivity index (χ4v) is 4.40. The standard InChI is InChI=1S/C16H15F3N2O2S.ClH/c17-13-6-11(7-14(18)16(13)19)24(22,23)21-8-12(15(20)9-21)10-4-2-1-3-5-10;/h1-7,12,15H,8-9,20H2;1H/t12-,15+;/m0./s1. The molecule has 1 aliphatic heterocycles. The van der Waals surface area contributed by atoms with Crippen LogP contribution in [0.4, 0.5) is 13.2 Å². The maximum Gasteiger partial charge on any atom is 0.243 e. The average molecular weight is 393 g/mol. The van der Waals surface area contributed by atoms with Crippen molar-refractivity contribution in [3.8, 4) is 0 Å². The number of nitrogens with zero attached hydrogens (tertiary/aromatic N) is 1. The summed E-state index contributed by atoms with van der Waals surface area (Å²) in [5, 5.41) is 0. The van der Waals surface area contributed by atoms with E-state index < -0.39 is 38.4 Å². The van der Waals surface area contributed by atoms with Gasteiger partial charge in [-0.05, 0) is 17.7 Å². The summed E-state index contributed by atoms with van der Waals surface area (Å²) in [6.07, 6.45) is 0. The zero-order valence-corrected chi connectivity index (χ0v) is 14.5. The lowest BCUT2D eigenvalue weighted by atomic mass is 9.95. The Labute approximate surface area is 149 Å². The first-order valence-corrected chi connectivity index (χ1v) is 8.70. The highest BCUT2D eigenvalue weighted by Crippen LogP contribution is 2.31. The van der Waals surface area contributed by atoms with Gasteiger partial charge in [-0.3, -0.25) is 0 Å². The molecule has 2 atom stereocenters. The number of rotatable bonds is 3. The van der Waals surface area contributed by atoms with Crippen molar-refractivity contribution in [1.82, 2.24) is 4.31 Å². The van der Waals surface area contributed by atoms with Gasteiger partial charge >= 0.3 is 0 Å². The highest BCUT2D eigenvalue weighted by Gasteiger charge is 2.38. The minimum Gasteiger partial charge on any atom is -0.326 e. The highest BCUT2D eigenvalue weighted by atomic mass is 35.5. The molecule has 0 amide bonds. The molecule has 0 saturated carbocycles. The van der Waals surface area contributed by atoms with Crippen molar-refractivity contribution < 1.29 is 21.6 Å². The highest BCUT2D eigenvalue weighted by molar-refractivity contribution is 7.89. The summed E-state index contributed by atoms with van der Waals surface area (Å²) in [6.45, 7) is 0.108. The Hall–Kier alpha value is -1.61. The van der Waals surface area contributed by atoms with Crippen molar-refractivity contribution in [3.05, 3.63) is 65.5 Å². The van der Waals surface area contributed by atoms with E-state index in [2.05, 4.69) is 0 Å². The molecule has 0 spiro atoms. The van der Waals surface area contributed by atoms with Crippen LogP contribution in [0.1, 0.15) is 11.5 Å². The summed E-state index contributed by atoms with van der Waals surface area (Å²) in [5.74, 6) is -5.02. The van der Waals surface area contributed by atoms with Crippen molar-refractivity contribution in [2.24, 2.45) is 5.73 Å². The smallest absolute Gasteiger partial charge is 0.243 e. The van der Waals surface area contributed by atoms with E-state index >= 15 is 0 Å². The summed E-state index contributed by atoms with van der Waals surface area (Å²) in [5.41, 5.74) is 6.93. The van der Waals surface area contributed by atoms with Gasteiger partial charge in [0, 0.05) is 25.0 Å². The maximum absolute atomic E-state index is 13.4. The van der Waals surface area contributed by atoms with Gasteiger partial charge in [0.05, 0.1) is 4.90 Å². The van der Waals surface area contributed by atoms with E-state index in [0.29, 0.717) is 12.1 Å². The van der Waals surface area contributed by atoms with Crippen LogP contribution >= 0.6 is 12.4 Å². The monoisotopic (exact) mass is 392 g/mol. The first kappa shape index (κ1) is 19.7. The van der Waals surface area contributed by atoms with Gasteiger partial charge in [0.25, 0.3) is 0 Å². The number of hydrogen-bond acceptors (Lipinski definition) is 3. The summed E-state index contributed by atoms with van der Waals surface area (Å²) in [6, 6.07) is 9.69. The van der Waals surface area contributed by atoms with E-state index in [4.69, 9.17) is 5.73 Å². The minimum absolute atomic E-state index is 0. The third kappa shape index (κ3) is 3.67. The predicted molar refractivity (Wildman–Crippen MR) is 89.5 cm³/mol. The lowest BCUT2D eigenvalue weighted by molar-refractivity contribution is 0.437. The minimum atomic E-state index is -4.17. The fraction of sp³-hybridized carbons (Fsp3) is 0.250. The van der Waals surface area contributed by atoms with E-state index in [1.54, 1.807) is 0 Å². The Morgan fingerprint density at radius 3 is 2.12 bits per heavy atom. The van der Waals surface area contributed by atoms with Gasteiger partial charge in [-0.25, -0.2) is 21.6 Å². The molecule has 1 saturated heterocycles. The summed E-state index contributed by atoms with van der Waals surface area (Å²) in [7, 11) is -4.17. The van der Waals surface area contributed by atoms with Crippen LogP contribution in [0.2, 0.25) is 0 Å². The van der Waals surface area contributed by atoms with Crippen LogP contribution in [-0.4, -0.2) is 31.9 Å². The SMILES string of the molecule is Cl.N[C@@H]1CN(S(=O)(=O)c2cc(F)c(F)c(F)c2)C[C@H]1c1ccccc1. The second kappa shape index (κ2) is 7.33. The van der Waals surface area contributed by atoms with Crippen LogP contribution in [-0.2, 0) is 10.0 Å². The van der Waals surface area contributed by atoms with Crippen molar-refractivity contribution in [3.63, 3.8) is 0 Å². The fourth-order valence-electron chi connectivity index (χ4n) is 2.87. The van der Waals surface area contributed by atoms with E-state index in [0.717, 1.165) is 9.87 Å². The average Bonchev–Trinajstić information content (AvgIpc) is 2.95. The van der Waals surface area contributed by atoms with E-state index in [9.17, 15) is 21.6 Å². The second-order valence-corrected chi connectivity index (χ2v) is 7.64. The van der Waals surface area contributed by atoms with Crippen molar-refractivity contribution in [2.75, 3.05) is 13.1 Å². The molecular formula is C16H16ClF3N2O2S. The maximum atomic E-state index is 13.4. The molecule has 0 aromatic heterocycles. The predicted octanol–water partition coefficient (Wildman–Crippen LogP) is 2.64. The third-order valence-corrected chi connectivity index (χ3v) is 5.96. The Morgan fingerprint density at radius 2 is 1.56 bits per heavy atom. The zero-order chi connectivity index (χ0) is 17.5. The molecule has 9 heteroatoms. The lowest BCUT2D eigenvalue weighted by Gasteiger charge is -2.17. The van der Waals surface area contributed by atoms with Crippen molar-refractivity contribution >= 4 is 22.4 Å². The van der Waals surface area contributed by atoms with Crippen molar-refractivity contribution in [1.29, 1.82) is 0 Å². The number of nitrogens with two attached hydrogens (primary N) is 1. The molecule has 4 nitrogen and oxygen atoms in total. The van der Waals surface area contributed by atoms with Gasteiger partial charge in [0.1, 0.15) is 0 Å². The molecule has 2 aromatic carbocycles. The summed E-state index contributed by atoms with van der Waals surface area (Å²) in [4.78, 5) is -0.625. The van der Waals surface area contributed by atoms with Gasteiger partial charge < -0.3 is 5.73 Å². The molecule has 1 heterocycles. The molecule has 3 rings (SSSR count). The van der Waals surface area contributed by atoms with Crippen LogP contribution in [0.3, 0.4) is 0 Å². The van der Waals surface area contributed by atoms with E-state index in [1.165, 1.54) is 0 Å². The number of halogens is 4. The first-order chi connectivity index (χ1) is 11.3. The number of benzene rings is 2. The Bertz CT molecular complexity index is 842. The third-order valence-electron chi connectivity index (χ3n) is 4.15. The summed E-state index contributed by atoms with van der Waals surface area (Å²) < 4.78 is 66.0. The van der Waals surface area contributed by atoms with Crippen LogP contribution in [0, 0.1) is 17.5 Å². The van der Waals surface area contributed by atoms with Gasteiger partial charge in [-0.1, -0.05) is 30.3 Å². The molecular weight excluding hydrogens is 377 g/mol. The Balaban J connectivity index is 0.00000225. The molecule has 0 bridgehead atoms. The molecule has 0 aliphatic carbocycles. The molecule has 0 unspecified atom stereocenters. The number of hydrogen-bond donors (Lipinski definition) is 1. The second-order valence-electron chi connectivity index (χ2n) is 5.70. The first-order valence-electron chi connectivity index (χ1n) is 7.26. The molecule has 25 heavy (non-hydrogen) atoms.